The minimum absolute atomic E-state index is 0.0640. The topological polar surface area (TPSA) is 50.7 Å². The van der Waals surface area contributed by atoms with Crippen LogP contribution in [0.25, 0.3) is 0 Å². The number of halogens is 6. The number of benzene rings is 1. The van der Waals surface area contributed by atoms with Gasteiger partial charge in [-0.3, -0.25) is 5.32 Å². The van der Waals surface area contributed by atoms with E-state index in [0.717, 1.165) is 77.2 Å². The molecule has 0 amide bonds. The maximum absolute atomic E-state index is 13.4. The molecule has 1 aromatic carbocycles. The molecular weight excluding hydrogens is 608 g/mol. The van der Waals surface area contributed by atoms with Crippen LogP contribution in [0.4, 0.5) is 26.3 Å². The van der Waals surface area contributed by atoms with Crippen LogP contribution in [0.15, 0.2) is 29.8 Å². The second kappa shape index (κ2) is 12.7. The van der Waals surface area contributed by atoms with Crippen LogP contribution in [-0.4, -0.2) is 30.7 Å². The van der Waals surface area contributed by atoms with Crippen LogP contribution in [-0.2, 0) is 21.8 Å². The third kappa shape index (κ3) is 6.53. The summed E-state index contributed by atoms with van der Waals surface area (Å²) >= 11 is 0. The Balaban J connectivity index is 1.10. The van der Waals surface area contributed by atoms with Crippen LogP contribution in [0.5, 0.6) is 0 Å². The Morgan fingerprint density at radius 1 is 0.935 bits per heavy atom. The molecule has 0 aromatic heterocycles. The van der Waals surface area contributed by atoms with Gasteiger partial charge in [0.15, 0.2) is 6.29 Å². The standard InChI is InChI=1S/C36H49F6NO3/c1-21(20-43-32(44)22-16-24(35(37,38)39)18-25(17-22)36(40,41)42)28-9-10-29-27-8-7-23-19-26(46-31-6-4-5-15-45-31)11-13-33(23,2)30(27)12-14-34(28,29)3/h7,16-18,21,26-32,43-44H,4-6,8-15,19-20H2,1-3H3/t21-,26+,27+,28?,29+,30+,31?,32?,33+,34-/m1/s1. The van der Waals surface area contributed by atoms with Crippen molar-refractivity contribution in [1.29, 1.82) is 0 Å². The number of ether oxygens (including phenoxy) is 2. The molecule has 1 heterocycles. The SMILES string of the molecule is C[C@H](CNC(O)c1cc(C(F)(F)F)cc(C(F)(F)F)c1)C1CC[C@H]2[C@@H]3CC=C4C[C@@H](OC5CCCCO5)CC[C@]4(C)[C@H]3CC[C@]12C. The highest BCUT2D eigenvalue weighted by atomic mass is 19.4. The van der Waals surface area contributed by atoms with E-state index >= 15 is 0 Å². The number of allylic oxidation sites excluding steroid dienone is 1. The fraction of sp³-hybridized carbons (Fsp3) is 0.778. The monoisotopic (exact) mass is 657 g/mol. The van der Waals surface area contributed by atoms with E-state index in [0.29, 0.717) is 42.3 Å². The Hall–Kier alpha value is -1.62. The first-order valence-corrected chi connectivity index (χ1v) is 17.3. The number of hydrogen-bond acceptors (Lipinski definition) is 4. The van der Waals surface area contributed by atoms with E-state index in [2.05, 4.69) is 32.2 Å². The smallest absolute Gasteiger partial charge is 0.374 e. The van der Waals surface area contributed by atoms with Gasteiger partial charge in [0.1, 0.15) is 6.23 Å². The molecule has 0 bridgehead atoms. The highest BCUT2D eigenvalue weighted by Gasteiger charge is 2.59. The molecule has 3 saturated carbocycles. The highest BCUT2D eigenvalue weighted by molar-refractivity contribution is 5.34. The van der Waals surface area contributed by atoms with Crippen LogP contribution >= 0.6 is 0 Å². The fourth-order valence-corrected chi connectivity index (χ4v) is 10.4. The third-order valence-electron chi connectivity index (χ3n) is 12.9. The Kier molecular flexibility index (Phi) is 9.44. The summed E-state index contributed by atoms with van der Waals surface area (Å²) in [7, 11) is 0. The second-order valence-corrected chi connectivity index (χ2v) is 15.4. The molecule has 10 atom stereocenters. The molecule has 4 nitrogen and oxygen atoms in total. The molecule has 4 aliphatic carbocycles. The second-order valence-electron chi connectivity index (χ2n) is 15.4. The van der Waals surface area contributed by atoms with Crippen LogP contribution in [0.2, 0.25) is 0 Å². The van der Waals surface area contributed by atoms with Crippen molar-refractivity contribution in [3.63, 3.8) is 0 Å². The van der Waals surface area contributed by atoms with Gasteiger partial charge in [-0.15, -0.1) is 0 Å². The molecule has 10 heteroatoms. The van der Waals surface area contributed by atoms with Gasteiger partial charge in [0, 0.05) is 13.2 Å². The summed E-state index contributed by atoms with van der Waals surface area (Å²) in [6.07, 6.45) is 3.07. The summed E-state index contributed by atoms with van der Waals surface area (Å²) in [5, 5.41) is 13.6. The van der Waals surface area contributed by atoms with Gasteiger partial charge in [-0.25, -0.2) is 0 Å². The minimum Gasteiger partial charge on any atom is -0.374 e. The number of alkyl halides is 6. The van der Waals surface area contributed by atoms with Gasteiger partial charge in [0.2, 0.25) is 0 Å². The summed E-state index contributed by atoms with van der Waals surface area (Å²) in [6, 6.07) is 1.28. The van der Waals surface area contributed by atoms with Crippen molar-refractivity contribution in [2.45, 2.75) is 122 Å². The molecule has 1 aliphatic heterocycles. The normalized spacial score (nSPS) is 37.9. The number of fused-ring (bicyclic) bond motifs is 5. The average molecular weight is 658 g/mol. The fourth-order valence-electron chi connectivity index (χ4n) is 10.4. The Morgan fingerprint density at radius 2 is 1.65 bits per heavy atom. The lowest BCUT2D eigenvalue weighted by atomic mass is 9.47. The first kappa shape index (κ1) is 34.3. The molecule has 3 unspecified atom stereocenters. The zero-order chi connectivity index (χ0) is 33.1. The van der Waals surface area contributed by atoms with Crippen LogP contribution in [0.3, 0.4) is 0 Å². The first-order valence-electron chi connectivity index (χ1n) is 17.3. The van der Waals surface area contributed by atoms with Crippen molar-refractivity contribution < 1.29 is 40.9 Å². The zero-order valence-corrected chi connectivity index (χ0v) is 27.2. The van der Waals surface area contributed by atoms with Gasteiger partial charge in [-0.05, 0) is 135 Å². The van der Waals surface area contributed by atoms with Crippen LogP contribution in [0.1, 0.15) is 114 Å². The summed E-state index contributed by atoms with van der Waals surface area (Å²) in [4.78, 5) is 0. The number of aliphatic hydroxyl groups is 1. The number of rotatable bonds is 7. The van der Waals surface area contributed by atoms with Crippen molar-refractivity contribution in [3.05, 3.63) is 46.5 Å². The number of hydrogen-bond donors (Lipinski definition) is 2. The van der Waals surface area contributed by atoms with Gasteiger partial charge >= 0.3 is 12.4 Å². The summed E-state index contributed by atoms with van der Waals surface area (Å²) in [6.45, 7) is 8.06. The van der Waals surface area contributed by atoms with Crippen molar-refractivity contribution in [2.24, 2.45) is 40.4 Å². The molecule has 1 saturated heterocycles. The van der Waals surface area contributed by atoms with Crippen LogP contribution < -0.4 is 5.32 Å². The molecular formula is C36H49F6NO3. The molecule has 2 N–H and O–H groups in total. The Bertz CT molecular complexity index is 1240. The molecule has 0 spiro atoms. The predicted octanol–water partition coefficient (Wildman–Crippen LogP) is 9.43. The van der Waals surface area contributed by atoms with E-state index in [-0.39, 0.29) is 35.2 Å². The highest BCUT2D eigenvalue weighted by Crippen LogP contribution is 2.67. The van der Waals surface area contributed by atoms with Crippen LogP contribution in [0, 0.1) is 40.4 Å². The summed E-state index contributed by atoms with van der Waals surface area (Å²) < 4.78 is 92.5. The lowest BCUT2D eigenvalue weighted by Crippen LogP contribution is -2.51. The lowest BCUT2D eigenvalue weighted by molar-refractivity contribution is -0.195. The van der Waals surface area contributed by atoms with Gasteiger partial charge in [-0.1, -0.05) is 32.4 Å². The molecule has 0 radical (unpaired) electrons. The van der Waals surface area contributed by atoms with E-state index in [1.54, 1.807) is 5.57 Å². The quantitative estimate of drug-likeness (QED) is 0.174. The van der Waals surface area contributed by atoms with Gasteiger partial charge < -0.3 is 14.6 Å². The van der Waals surface area contributed by atoms with E-state index in [9.17, 15) is 31.4 Å². The minimum atomic E-state index is -4.96. The molecule has 46 heavy (non-hydrogen) atoms. The molecule has 4 fully saturated rings. The Labute approximate surface area is 268 Å². The first-order chi connectivity index (χ1) is 21.6. The predicted molar refractivity (Wildman–Crippen MR) is 162 cm³/mol. The van der Waals surface area contributed by atoms with E-state index in [1.807, 2.05) is 0 Å². The largest absolute Gasteiger partial charge is 0.416 e. The van der Waals surface area contributed by atoms with Gasteiger partial charge in [0.05, 0.1) is 17.2 Å². The average Bonchev–Trinajstić information content (AvgIpc) is 3.36. The lowest BCUT2D eigenvalue weighted by Gasteiger charge is -2.58. The third-order valence-corrected chi connectivity index (χ3v) is 12.9. The maximum Gasteiger partial charge on any atom is 0.416 e. The van der Waals surface area contributed by atoms with Crippen molar-refractivity contribution >= 4 is 0 Å². The van der Waals surface area contributed by atoms with Gasteiger partial charge in [-0.2, -0.15) is 26.3 Å². The van der Waals surface area contributed by atoms with Gasteiger partial charge in [0.25, 0.3) is 0 Å². The van der Waals surface area contributed by atoms with E-state index in [4.69, 9.17) is 9.47 Å². The molecule has 1 aromatic rings. The number of nitrogens with one attached hydrogen (secondary N) is 1. The Morgan fingerprint density at radius 3 is 2.30 bits per heavy atom. The van der Waals surface area contributed by atoms with Crippen molar-refractivity contribution in [1.82, 2.24) is 5.32 Å². The van der Waals surface area contributed by atoms with E-state index < -0.39 is 35.3 Å². The molecule has 6 rings (SSSR count). The van der Waals surface area contributed by atoms with Crippen molar-refractivity contribution in [3.8, 4) is 0 Å². The maximum atomic E-state index is 13.4. The summed E-state index contributed by atoms with van der Waals surface area (Å²) in [5.74, 6) is 2.25. The van der Waals surface area contributed by atoms with Crippen molar-refractivity contribution in [2.75, 3.05) is 13.2 Å². The van der Waals surface area contributed by atoms with E-state index in [1.165, 1.54) is 0 Å². The zero-order valence-electron chi connectivity index (χ0n) is 27.2. The number of aliphatic hydroxyl groups excluding tert-OH is 1. The molecule has 5 aliphatic rings. The molecule has 258 valence electrons. The summed E-state index contributed by atoms with van der Waals surface area (Å²) in [5.41, 5.74) is -1.43.